The van der Waals surface area contributed by atoms with Crippen LogP contribution in [0.2, 0.25) is 0 Å². The third-order valence-corrected chi connectivity index (χ3v) is 6.29. The first-order valence-electron chi connectivity index (χ1n) is 10.8. The molecule has 172 valence electrons. The van der Waals surface area contributed by atoms with Crippen LogP contribution in [0.1, 0.15) is 36.1 Å². The van der Waals surface area contributed by atoms with Crippen LogP contribution >= 0.6 is 0 Å². The van der Waals surface area contributed by atoms with Gasteiger partial charge in [-0.25, -0.2) is 13.8 Å². The molecule has 1 N–H and O–H groups in total. The van der Waals surface area contributed by atoms with Gasteiger partial charge in [0, 0.05) is 23.6 Å². The van der Waals surface area contributed by atoms with Crippen molar-refractivity contribution in [3.05, 3.63) is 101 Å². The van der Waals surface area contributed by atoms with Crippen LogP contribution in [0.3, 0.4) is 0 Å². The number of hydrogen-bond acceptors (Lipinski definition) is 4. The highest BCUT2D eigenvalue weighted by Gasteiger charge is 2.44. The molecule has 0 spiro atoms. The zero-order valence-electron chi connectivity index (χ0n) is 18.2. The number of allylic oxidation sites excluding steroid dienone is 1. The Morgan fingerprint density at radius 2 is 1.88 bits per heavy atom. The molecular formula is C26H20F3N3O2. The Hall–Kier alpha value is -3.94. The lowest BCUT2D eigenvalue weighted by Gasteiger charge is -2.34. The first kappa shape index (κ1) is 21.9. The summed E-state index contributed by atoms with van der Waals surface area (Å²) in [6.07, 6.45) is 1.61. The molecule has 1 aliphatic carbocycles. The fraction of sp³-hybridized carbons (Fsp3) is 0.192. The average molecular weight is 463 g/mol. The summed E-state index contributed by atoms with van der Waals surface area (Å²) in [5.74, 6) is -2.58. The number of pyridine rings is 1. The van der Waals surface area contributed by atoms with E-state index in [2.05, 4.69) is 10.3 Å². The molecule has 2 heterocycles. The highest BCUT2D eigenvalue weighted by molar-refractivity contribution is 6.22. The van der Waals surface area contributed by atoms with Crippen LogP contribution in [0.5, 0.6) is 0 Å². The summed E-state index contributed by atoms with van der Waals surface area (Å²) in [5, 5.41) is 2.89. The van der Waals surface area contributed by atoms with E-state index in [-0.39, 0.29) is 24.3 Å². The van der Waals surface area contributed by atoms with Crippen LogP contribution in [0.25, 0.3) is 5.57 Å². The molecule has 34 heavy (non-hydrogen) atoms. The molecule has 1 unspecified atom stereocenters. The Balaban J connectivity index is 1.57. The third-order valence-electron chi connectivity index (χ3n) is 6.29. The van der Waals surface area contributed by atoms with E-state index in [0.29, 0.717) is 28.1 Å². The number of fused-ring (bicyclic) bond motifs is 1. The standard InChI is InChI=1S/C26H20F3N3O2/c1-14-24(26(34)31-25(19-11-22(19)33)15-4-2-5-16(27)10-15)18-6-3-7-21(28)20(18)13-32(14)17-8-9-23(29)30-12-17/h2-10,12,19,25H,11,13H2,1H3,(H,31,34)/t19?,25-/m1/s1. The molecular weight excluding hydrogens is 443 g/mol. The van der Waals surface area contributed by atoms with Gasteiger partial charge in [-0.05, 0) is 48.4 Å². The van der Waals surface area contributed by atoms with E-state index in [1.54, 1.807) is 24.0 Å². The molecule has 1 aromatic heterocycles. The molecule has 5 rings (SSSR count). The lowest BCUT2D eigenvalue weighted by molar-refractivity contribution is -0.116. The Labute approximate surface area is 193 Å². The van der Waals surface area contributed by atoms with E-state index in [0.717, 1.165) is 0 Å². The predicted octanol–water partition coefficient (Wildman–Crippen LogP) is 4.70. The van der Waals surface area contributed by atoms with E-state index < -0.39 is 35.4 Å². The molecule has 1 aliphatic heterocycles. The first-order valence-corrected chi connectivity index (χ1v) is 10.8. The lowest BCUT2D eigenvalue weighted by Crippen LogP contribution is -2.36. The van der Waals surface area contributed by atoms with Crippen LogP contribution in [-0.4, -0.2) is 16.7 Å². The Bertz CT molecular complexity index is 1340. The molecule has 0 bridgehead atoms. The molecule has 0 saturated heterocycles. The number of ketones is 1. The van der Waals surface area contributed by atoms with Crippen LogP contribution < -0.4 is 10.2 Å². The summed E-state index contributed by atoms with van der Waals surface area (Å²) in [5.41, 5.74) is 2.46. The van der Waals surface area contributed by atoms with E-state index in [1.165, 1.54) is 48.7 Å². The highest BCUT2D eigenvalue weighted by atomic mass is 19.1. The number of aromatic nitrogens is 1. The Morgan fingerprint density at radius 1 is 1.12 bits per heavy atom. The summed E-state index contributed by atoms with van der Waals surface area (Å²) in [7, 11) is 0. The van der Waals surface area contributed by atoms with Crippen molar-refractivity contribution in [1.29, 1.82) is 0 Å². The number of halogens is 3. The van der Waals surface area contributed by atoms with Crippen LogP contribution in [0, 0.1) is 23.5 Å². The van der Waals surface area contributed by atoms with Crippen molar-refractivity contribution in [3.63, 3.8) is 0 Å². The normalized spacial score (nSPS) is 17.9. The van der Waals surface area contributed by atoms with Gasteiger partial charge in [0.25, 0.3) is 5.91 Å². The zero-order valence-corrected chi connectivity index (χ0v) is 18.2. The molecule has 8 heteroatoms. The largest absolute Gasteiger partial charge is 0.344 e. The van der Waals surface area contributed by atoms with Crippen molar-refractivity contribution >= 4 is 23.0 Å². The number of nitrogens with zero attached hydrogens (tertiary/aromatic N) is 2. The van der Waals surface area contributed by atoms with Crippen LogP contribution in [0.4, 0.5) is 18.9 Å². The van der Waals surface area contributed by atoms with Gasteiger partial charge in [0.2, 0.25) is 5.95 Å². The maximum absolute atomic E-state index is 14.8. The van der Waals surface area contributed by atoms with E-state index in [9.17, 15) is 22.8 Å². The SMILES string of the molecule is CC1=C(C(=O)N[C@H](c2cccc(F)c2)C2CC2=O)c2cccc(F)c2CN1c1ccc(F)nc1. The molecule has 1 fully saturated rings. The molecule has 1 saturated carbocycles. The second-order valence-electron chi connectivity index (χ2n) is 8.43. The smallest absolute Gasteiger partial charge is 0.254 e. The van der Waals surface area contributed by atoms with Crippen molar-refractivity contribution in [2.75, 3.05) is 4.90 Å². The third kappa shape index (κ3) is 3.96. The average Bonchev–Trinajstić information content (AvgIpc) is 3.54. The Kier molecular flexibility index (Phi) is 5.43. The highest BCUT2D eigenvalue weighted by Crippen LogP contribution is 2.40. The number of benzene rings is 2. The van der Waals surface area contributed by atoms with Crippen LogP contribution in [0.15, 0.2) is 66.5 Å². The minimum atomic E-state index is -0.712. The summed E-state index contributed by atoms with van der Waals surface area (Å²) < 4.78 is 42.1. The van der Waals surface area contributed by atoms with Crippen molar-refractivity contribution < 1.29 is 22.8 Å². The van der Waals surface area contributed by atoms with Crippen molar-refractivity contribution in [2.24, 2.45) is 5.92 Å². The molecule has 2 aromatic carbocycles. The maximum atomic E-state index is 14.8. The van der Waals surface area contributed by atoms with Gasteiger partial charge >= 0.3 is 0 Å². The number of hydrogen-bond donors (Lipinski definition) is 1. The molecule has 3 aromatic rings. The number of carbonyl (C=O) groups is 2. The zero-order chi connectivity index (χ0) is 24.0. The molecule has 1 amide bonds. The van der Waals surface area contributed by atoms with Gasteiger partial charge in [-0.1, -0.05) is 24.3 Å². The Morgan fingerprint density at radius 3 is 2.56 bits per heavy atom. The number of amides is 1. The number of anilines is 1. The van der Waals surface area contributed by atoms with E-state index in [1.807, 2.05) is 0 Å². The van der Waals surface area contributed by atoms with Gasteiger partial charge < -0.3 is 10.2 Å². The lowest BCUT2D eigenvalue weighted by atomic mass is 9.91. The van der Waals surface area contributed by atoms with Crippen molar-refractivity contribution in [1.82, 2.24) is 10.3 Å². The van der Waals surface area contributed by atoms with Gasteiger partial charge in [-0.15, -0.1) is 0 Å². The van der Waals surface area contributed by atoms with Gasteiger partial charge in [0.05, 0.1) is 30.0 Å². The molecule has 0 radical (unpaired) electrons. The van der Waals surface area contributed by atoms with Gasteiger partial charge in [0.15, 0.2) is 0 Å². The van der Waals surface area contributed by atoms with E-state index in [4.69, 9.17) is 0 Å². The summed E-state index contributed by atoms with van der Waals surface area (Å²) >= 11 is 0. The predicted molar refractivity (Wildman–Crippen MR) is 120 cm³/mol. The number of carbonyl (C=O) groups excluding carboxylic acids is 2. The van der Waals surface area contributed by atoms with Crippen molar-refractivity contribution in [2.45, 2.75) is 25.9 Å². The monoisotopic (exact) mass is 463 g/mol. The second-order valence-corrected chi connectivity index (χ2v) is 8.43. The molecule has 2 atom stereocenters. The molecule has 5 nitrogen and oxygen atoms in total. The quantitative estimate of drug-likeness (QED) is 0.558. The number of nitrogens with one attached hydrogen (secondary N) is 1. The summed E-state index contributed by atoms with van der Waals surface area (Å²) in [6, 6.07) is 12.3. The fourth-order valence-electron chi connectivity index (χ4n) is 4.45. The van der Waals surface area contributed by atoms with Gasteiger partial charge in [-0.2, -0.15) is 4.39 Å². The fourth-order valence-corrected chi connectivity index (χ4v) is 4.45. The van der Waals surface area contributed by atoms with Gasteiger partial charge in [0.1, 0.15) is 17.4 Å². The second kappa shape index (κ2) is 8.44. The first-order chi connectivity index (χ1) is 16.3. The summed E-state index contributed by atoms with van der Waals surface area (Å²) in [4.78, 5) is 30.9. The minimum Gasteiger partial charge on any atom is -0.344 e. The summed E-state index contributed by atoms with van der Waals surface area (Å²) in [6.45, 7) is 1.85. The topological polar surface area (TPSA) is 62.3 Å². The van der Waals surface area contributed by atoms with Crippen LogP contribution in [-0.2, 0) is 16.1 Å². The number of Topliss-reactive ketones (excluding diaryl/α,β-unsaturated/α-hetero) is 1. The maximum Gasteiger partial charge on any atom is 0.254 e. The minimum absolute atomic E-state index is 0.0191. The van der Waals surface area contributed by atoms with Gasteiger partial charge in [-0.3, -0.25) is 9.59 Å². The van der Waals surface area contributed by atoms with E-state index >= 15 is 0 Å². The number of rotatable bonds is 5. The molecule has 2 aliphatic rings. The van der Waals surface area contributed by atoms with Crippen molar-refractivity contribution in [3.8, 4) is 0 Å².